The Morgan fingerprint density at radius 2 is 1.31 bits per heavy atom. The molecule has 0 aromatic carbocycles. The van der Waals surface area contributed by atoms with Gasteiger partial charge in [-0.1, -0.05) is 54.0 Å². The third-order valence-corrected chi connectivity index (χ3v) is 16.2. The number of ketones is 2. The molecule has 5 fully saturated rings. The summed E-state index contributed by atoms with van der Waals surface area (Å²) in [6, 6.07) is 0. The summed E-state index contributed by atoms with van der Waals surface area (Å²) in [5.74, 6) is -0.831. The van der Waals surface area contributed by atoms with Gasteiger partial charge in [-0.05, 0) is 90.9 Å². The number of carbonyl (C=O) groups excluding carboxylic acids is 6. The van der Waals surface area contributed by atoms with E-state index in [4.69, 9.17) is 23.8 Å². The van der Waals surface area contributed by atoms with Gasteiger partial charge in [-0.2, -0.15) is 0 Å². The molecule has 0 unspecified atom stereocenters. The summed E-state index contributed by atoms with van der Waals surface area (Å²) >= 11 is 0. The van der Waals surface area contributed by atoms with Crippen LogP contribution in [0.15, 0.2) is 11.6 Å². The van der Waals surface area contributed by atoms with Crippen LogP contribution in [-0.4, -0.2) is 99.7 Å². The Kier molecular flexibility index (Phi) is 13.2. The molecule has 6 aliphatic rings. The van der Waals surface area contributed by atoms with Gasteiger partial charge in [0.25, 0.3) is 11.8 Å². The number of allylic oxidation sites excluding steroid dienone is 2. The van der Waals surface area contributed by atoms with E-state index in [-0.39, 0.29) is 83.6 Å². The lowest BCUT2D eigenvalue weighted by molar-refractivity contribution is -0.198. The van der Waals surface area contributed by atoms with E-state index in [1.165, 1.54) is 5.57 Å². The van der Waals surface area contributed by atoms with Gasteiger partial charge in [-0.15, -0.1) is 5.06 Å². The minimum absolute atomic E-state index is 0.0479. The van der Waals surface area contributed by atoms with Gasteiger partial charge in [0.15, 0.2) is 5.78 Å². The van der Waals surface area contributed by atoms with Crippen molar-refractivity contribution in [3.63, 3.8) is 0 Å². The van der Waals surface area contributed by atoms with Crippen LogP contribution in [-0.2, 0) is 52.6 Å². The number of nitrogens with one attached hydrogen (secondary N) is 1. The van der Waals surface area contributed by atoms with E-state index in [9.17, 15) is 28.8 Å². The van der Waals surface area contributed by atoms with Gasteiger partial charge in [0.2, 0.25) is 5.91 Å². The van der Waals surface area contributed by atoms with E-state index < -0.39 is 28.6 Å². The second-order valence-corrected chi connectivity index (χ2v) is 19.9. The first-order chi connectivity index (χ1) is 27.3. The first-order valence-corrected chi connectivity index (χ1v) is 21.8. The molecule has 1 N–H and O–H groups in total. The number of fused-ring (bicyclic) bond motifs is 7. The third kappa shape index (κ3) is 8.22. The molecule has 0 aromatic heterocycles. The molecule has 0 bridgehead atoms. The quantitative estimate of drug-likeness (QED) is 0.141. The molecule has 1 saturated heterocycles. The fourth-order valence-electron chi connectivity index (χ4n) is 12.4. The molecule has 4 saturated carbocycles. The maximum Gasteiger partial charge on any atom is 0.335 e. The Balaban J connectivity index is 0.895. The van der Waals surface area contributed by atoms with Crippen LogP contribution in [0.25, 0.3) is 0 Å². The van der Waals surface area contributed by atoms with Crippen LogP contribution in [0.3, 0.4) is 0 Å². The van der Waals surface area contributed by atoms with Crippen molar-refractivity contribution in [2.45, 2.75) is 126 Å². The highest BCUT2D eigenvalue weighted by atomic mass is 16.7. The number of ether oxygens (including phenoxy) is 4. The fraction of sp³-hybridized carbons (Fsp3) is 0.822. The van der Waals surface area contributed by atoms with Crippen LogP contribution in [0.2, 0.25) is 0 Å². The summed E-state index contributed by atoms with van der Waals surface area (Å²) in [4.78, 5) is 81.1. The van der Waals surface area contributed by atoms with E-state index in [1.54, 1.807) is 0 Å². The van der Waals surface area contributed by atoms with Gasteiger partial charge in [-0.3, -0.25) is 24.0 Å². The SMILES string of the molecule is CC1(C)C(=O)CC[C@]2(C)[C@H]3C(=O)C=C4[C@H]5C[C@@](C)(C(=O)NCCOCCOCCOCCOCCC(=O)ON6C(=O)CCC6=O)CC[C@]5(C)CC[C@@]4(C)[C@]3(C)CC[C@@H]12. The molecule has 1 heterocycles. The van der Waals surface area contributed by atoms with Gasteiger partial charge in [-0.25, -0.2) is 4.79 Å². The van der Waals surface area contributed by atoms with Crippen molar-refractivity contribution >= 4 is 35.3 Å². The number of hydroxylamine groups is 2. The van der Waals surface area contributed by atoms with Crippen molar-refractivity contribution in [3.8, 4) is 0 Å². The average Bonchev–Trinajstić information content (AvgIpc) is 3.48. The number of nitrogens with zero attached hydrogens (tertiary/aromatic N) is 1. The minimum Gasteiger partial charge on any atom is -0.378 e. The van der Waals surface area contributed by atoms with E-state index >= 15 is 0 Å². The van der Waals surface area contributed by atoms with Crippen molar-refractivity contribution in [2.24, 2.45) is 50.2 Å². The molecule has 1 aliphatic heterocycles. The van der Waals surface area contributed by atoms with Crippen LogP contribution in [0.5, 0.6) is 0 Å². The maximum atomic E-state index is 14.6. The van der Waals surface area contributed by atoms with Gasteiger partial charge in [0, 0.05) is 42.6 Å². The monoisotopic (exact) mass is 812 g/mol. The molecular weight excluding hydrogens is 744 g/mol. The second-order valence-electron chi connectivity index (χ2n) is 19.9. The number of rotatable bonds is 17. The molecular formula is C45H68N2O11. The van der Waals surface area contributed by atoms with Gasteiger partial charge in [0.1, 0.15) is 5.78 Å². The zero-order chi connectivity index (χ0) is 42.1. The summed E-state index contributed by atoms with van der Waals surface area (Å²) in [5.41, 5.74) is -0.159. The molecule has 5 aliphatic carbocycles. The smallest absolute Gasteiger partial charge is 0.335 e. The normalized spacial score (nSPS) is 36.7. The number of hydrogen-bond donors (Lipinski definition) is 1. The third-order valence-electron chi connectivity index (χ3n) is 16.2. The number of Topliss-reactive ketones (excluding diaryl/α,β-unsaturated/α-hetero) is 1. The summed E-state index contributed by atoms with van der Waals surface area (Å²) in [6.45, 7) is 18.8. The highest BCUT2D eigenvalue weighted by Gasteiger charge is 2.70. The van der Waals surface area contributed by atoms with Crippen molar-refractivity contribution in [3.05, 3.63) is 11.6 Å². The molecule has 0 radical (unpaired) electrons. The van der Waals surface area contributed by atoms with Gasteiger partial charge < -0.3 is 29.1 Å². The minimum atomic E-state index is -0.706. The molecule has 3 amide bonds. The van der Waals surface area contributed by atoms with Crippen molar-refractivity contribution in [2.75, 3.05) is 59.4 Å². The molecule has 13 heteroatoms. The number of amides is 3. The van der Waals surface area contributed by atoms with Crippen LogP contribution >= 0.6 is 0 Å². The van der Waals surface area contributed by atoms with E-state index in [0.717, 1.165) is 51.4 Å². The van der Waals surface area contributed by atoms with Gasteiger partial charge in [0.05, 0.1) is 59.3 Å². The molecule has 324 valence electrons. The molecule has 13 nitrogen and oxygen atoms in total. The first-order valence-electron chi connectivity index (χ1n) is 21.8. The van der Waals surface area contributed by atoms with Crippen LogP contribution < -0.4 is 5.32 Å². The standard InChI is InChI=1S/C45H68N2O11/c1-40(2)33-10-14-45(7)38(43(33,5)13-11-34(40)49)32(48)28-30-31-29-42(4,16-15-41(31,3)17-18-44(30,45)6)39(53)46-19-21-55-23-25-57-27-26-56-24-22-54-20-12-37(52)58-47-35(50)8-9-36(47)51/h28,31,33,38H,8-27,29H2,1-7H3,(H,46,53)/t31-,33+,38-,41-,42+,43+,44-,45-/m1/s1. The Morgan fingerprint density at radius 1 is 0.724 bits per heavy atom. The highest BCUT2D eigenvalue weighted by Crippen LogP contribution is 2.74. The molecule has 0 spiro atoms. The van der Waals surface area contributed by atoms with E-state index in [0.29, 0.717) is 63.5 Å². The number of hydrogen-bond acceptors (Lipinski definition) is 11. The molecule has 58 heavy (non-hydrogen) atoms. The summed E-state index contributed by atoms with van der Waals surface area (Å²) in [5, 5.41) is 3.67. The lowest BCUT2D eigenvalue weighted by Crippen LogP contribution is -2.66. The lowest BCUT2D eigenvalue weighted by atomic mass is 9.33. The topological polar surface area (TPSA) is 164 Å². The van der Waals surface area contributed by atoms with E-state index in [2.05, 4.69) is 53.8 Å². The Morgan fingerprint density at radius 3 is 1.95 bits per heavy atom. The Bertz CT molecular complexity index is 1640. The first kappa shape index (κ1) is 44.5. The molecule has 8 atom stereocenters. The maximum absolute atomic E-state index is 14.6. The van der Waals surface area contributed by atoms with Crippen molar-refractivity contribution < 1.29 is 52.6 Å². The summed E-state index contributed by atoms with van der Waals surface area (Å²) < 4.78 is 22.1. The highest BCUT2D eigenvalue weighted by molar-refractivity contribution is 6.01. The second kappa shape index (κ2) is 17.2. The number of carbonyl (C=O) groups is 6. The Hall–Kier alpha value is -3.00. The van der Waals surface area contributed by atoms with Crippen LogP contribution in [0.4, 0.5) is 0 Å². The summed E-state index contributed by atoms with van der Waals surface area (Å²) in [7, 11) is 0. The zero-order valence-electron chi connectivity index (χ0n) is 36.1. The molecule has 0 aromatic rings. The van der Waals surface area contributed by atoms with Crippen molar-refractivity contribution in [1.82, 2.24) is 10.4 Å². The van der Waals surface area contributed by atoms with E-state index in [1.807, 2.05) is 6.08 Å². The fourth-order valence-corrected chi connectivity index (χ4v) is 12.4. The van der Waals surface area contributed by atoms with Crippen LogP contribution in [0, 0.1) is 50.2 Å². The predicted octanol–water partition coefficient (Wildman–Crippen LogP) is 5.72. The average molecular weight is 813 g/mol. The Labute approximate surface area is 344 Å². The zero-order valence-corrected chi connectivity index (χ0v) is 36.1. The van der Waals surface area contributed by atoms with Gasteiger partial charge >= 0.3 is 5.97 Å². The largest absolute Gasteiger partial charge is 0.378 e. The predicted molar refractivity (Wildman–Crippen MR) is 213 cm³/mol. The molecule has 6 rings (SSSR count). The van der Waals surface area contributed by atoms with Crippen LogP contribution in [0.1, 0.15) is 126 Å². The lowest BCUT2D eigenvalue weighted by Gasteiger charge is -2.70. The summed E-state index contributed by atoms with van der Waals surface area (Å²) in [6.07, 6.45) is 9.97. The van der Waals surface area contributed by atoms with Crippen molar-refractivity contribution in [1.29, 1.82) is 0 Å². The number of imide groups is 1.